The van der Waals surface area contributed by atoms with E-state index in [1.54, 1.807) is 7.11 Å². The van der Waals surface area contributed by atoms with Gasteiger partial charge in [-0.3, -0.25) is 0 Å². The number of para-hydroxylation sites is 1. The molecule has 21 heavy (non-hydrogen) atoms. The molecule has 0 amide bonds. The van der Waals surface area contributed by atoms with E-state index in [-0.39, 0.29) is 12.3 Å². The molecule has 6 heteroatoms. The van der Waals surface area contributed by atoms with Crippen LogP contribution in [0.4, 0.5) is 0 Å². The van der Waals surface area contributed by atoms with E-state index in [0.717, 1.165) is 31.5 Å². The van der Waals surface area contributed by atoms with E-state index in [0.29, 0.717) is 12.2 Å². The van der Waals surface area contributed by atoms with Crippen molar-refractivity contribution in [2.24, 2.45) is 0 Å². The zero-order valence-electron chi connectivity index (χ0n) is 12.9. The monoisotopic (exact) mass is 314 g/mol. The van der Waals surface area contributed by atoms with Gasteiger partial charge in [0, 0.05) is 12.1 Å². The molecule has 0 saturated heterocycles. The predicted molar refractivity (Wildman–Crippen MR) is 86.0 cm³/mol. The Morgan fingerprint density at radius 2 is 1.90 bits per heavy atom. The second kappa shape index (κ2) is 9.76. The van der Waals surface area contributed by atoms with E-state index < -0.39 is 10.0 Å². The van der Waals surface area contributed by atoms with Crippen LogP contribution >= 0.6 is 0 Å². The Morgan fingerprint density at radius 1 is 1.14 bits per heavy atom. The number of methoxy groups -OCH3 is 1. The average Bonchev–Trinajstić information content (AvgIpc) is 2.49. The van der Waals surface area contributed by atoms with Gasteiger partial charge in [0.25, 0.3) is 0 Å². The van der Waals surface area contributed by atoms with E-state index >= 15 is 0 Å². The number of benzene rings is 1. The summed E-state index contributed by atoms with van der Waals surface area (Å²) >= 11 is 0. The van der Waals surface area contributed by atoms with Crippen molar-refractivity contribution in [3.05, 3.63) is 29.8 Å². The fourth-order valence-corrected chi connectivity index (χ4v) is 3.06. The first kappa shape index (κ1) is 17.9. The maximum atomic E-state index is 11.9. The minimum Gasteiger partial charge on any atom is -0.496 e. The van der Waals surface area contributed by atoms with E-state index in [4.69, 9.17) is 4.74 Å². The Hall–Kier alpha value is -1.11. The Morgan fingerprint density at radius 3 is 2.62 bits per heavy atom. The van der Waals surface area contributed by atoms with Gasteiger partial charge in [-0.05, 0) is 38.4 Å². The highest BCUT2D eigenvalue weighted by Gasteiger charge is 2.11. The van der Waals surface area contributed by atoms with Gasteiger partial charge < -0.3 is 10.1 Å². The van der Waals surface area contributed by atoms with Gasteiger partial charge in [-0.25, -0.2) is 13.1 Å². The molecule has 0 bridgehead atoms. The number of nitrogens with one attached hydrogen (secondary N) is 2. The van der Waals surface area contributed by atoms with Crippen molar-refractivity contribution >= 4 is 10.0 Å². The lowest BCUT2D eigenvalue weighted by molar-refractivity contribution is 0.409. The SMILES string of the molecule is CCCNCCCCS(=O)(=O)NCc1ccccc1OC. The molecular weight excluding hydrogens is 288 g/mol. The van der Waals surface area contributed by atoms with E-state index in [2.05, 4.69) is 17.0 Å². The van der Waals surface area contributed by atoms with E-state index in [1.807, 2.05) is 24.3 Å². The highest BCUT2D eigenvalue weighted by atomic mass is 32.2. The van der Waals surface area contributed by atoms with Crippen molar-refractivity contribution < 1.29 is 13.2 Å². The van der Waals surface area contributed by atoms with Crippen LogP contribution in [-0.2, 0) is 16.6 Å². The molecule has 120 valence electrons. The smallest absolute Gasteiger partial charge is 0.211 e. The molecule has 2 N–H and O–H groups in total. The van der Waals surface area contributed by atoms with E-state index in [9.17, 15) is 8.42 Å². The largest absolute Gasteiger partial charge is 0.496 e. The second-order valence-electron chi connectivity index (χ2n) is 4.91. The predicted octanol–water partition coefficient (Wildman–Crippen LogP) is 1.89. The summed E-state index contributed by atoms with van der Waals surface area (Å²) in [5.41, 5.74) is 0.841. The lowest BCUT2D eigenvalue weighted by Gasteiger charge is -2.10. The number of hydrogen-bond acceptors (Lipinski definition) is 4. The topological polar surface area (TPSA) is 67.4 Å². The average molecular weight is 314 g/mol. The molecule has 1 rings (SSSR count). The van der Waals surface area contributed by atoms with Gasteiger partial charge in [-0.15, -0.1) is 0 Å². The van der Waals surface area contributed by atoms with Gasteiger partial charge in [-0.2, -0.15) is 0 Å². The third-order valence-corrected chi connectivity index (χ3v) is 4.53. The van der Waals surface area contributed by atoms with Crippen LogP contribution in [0, 0.1) is 0 Å². The van der Waals surface area contributed by atoms with Crippen LogP contribution in [-0.4, -0.2) is 34.4 Å². The van der Waals surface area contributed by atoms with Crippen molar-refractivity contribution in [1.29, 1.82) is 0 Å². The molecule has 0 spiro atoms. The Labute approximate surface area is 128 Å². The second-order valence-corrected chi connectivity index (χ2v) is 6.84. The highest BCUT2D eigenvalue weighted by Crippen LogP contribution is 2.16. The van der Waals surface area contributed by atoms with Crippen molar-refractivity contribution in [2.45, 2.75) is 32.7 Å². The molecule has 0 fully saturated rings. The normalized spacial score (nSPS) is 11.5. The first-order valence-corrected chi connectivity index (χ1v) is 9.04. The summed E-state index contributed by atoms with van der Waals surface area (Å²) < 4.78 is 31.7. The van der Waals surface area contributed by atoms with Gasteiger partial charge in [0.1, 0.15) is 5.75 Å². The number of hydrogen-bond donors (Lipinski definition) is 2. The molecule has 0 aromatic heterocycles. The summed E-state index contributed by atoms with van der Waals surface area (Å²) in [5.74, 6) is 0.861. The van der Waals surface area contributed by atoms with E-state index in [1.165, 1.54) is 0 Å². The minimum absolute atomic E-state index is 0.163. The standard InChI is InChI=1S/C15H26N2O3S/c1-3-10-16-11-6-7-12-21(18,19)17-13-14-8-4-5-9-15(14)20-2/h4-5,8-9,16-17H,3,6-7,10-13H2,1-2H3. The summed E-state index contributed by atoms with van der Waals surface area (Å²) in [6.45, 7) is 4.23. The molecule has 1 aromatic carbocycles. The highest BCUT2D eigenvalue weighted by molar-refractivity contribution is 7.89. The molecule has 0 radical (unpaired) electrons. The van der Waals surface area contributed by atoms with Gasteiger partial charge >= 0.3 is 0 Å². The molecule has 1 aromatic rings. The zero-order chi connectivity index (χ0) is 15.6. The summed E-state index contributed by atoms with van der Waals surface area (Å²) in [6, 6.07) is 7.41. The Balaban J connectivity index is 2.32. The number of sulfonamides is 1. The number of unbranched alkanes of at least 4 members (excludes halogenated alkanes) is 1. The molecular formula is C15H26N2O3S. The van der Waals surface area contributed by atoms with Crippen LogP contribution in [0.3, 0.4) is 0 Å². The maximum Gasteiger partial charge on any atom is 0.211 e. The van der Waals surface area contributed by atoms with Crippen molar-refractivity contribution in [3.8, 4) is 5.75 Å². The lowest BCUT2D eigenvalue weighted by atomic mass is 10.2. The molecule has 0 heterocycles. The minimum atomic E-state index is -3.23. The fraction of sp³-hybridized carbons (Fsp3) is 0.600. The maximum absolute atomic E-state index is 11.9. The van der Waals surface area contributed by atoms with Crippen molar-refractivity contribution in [3.63, 3.8) is 0 Å². The zero-order valence-corrected chi connectivity index (χ0v) is 13.7. The number of ether oxygens (including phenoxy) is 1. The third-order valence-electron chi connectivity index (χ3n) is 3.12. The summed E-state index contributed by atoms with van der Waals surface area (Å²) in [7, 11) is -1.65. The molecule has 0 aliphatic carbocycles. The summed E-state index contributed by atoms with van der Waals surface area (Å²) in [6.07, 6.45) is 2.63. The Kier molecular flexibility index (Phi) is 8.34. The molecule has 0 atom stereocenters. The lowest BCUT2D eigenvalue weighted by Crippen LogP contribution is -2.26. The first-order chi connectivity index (χ1) is 10.1. The van der Waals surface area contributed by atoms with Gasteiger partial charge in [-0.1, -0.05) is 25.1 Å². The molecule has 0 aliphatic heterocycles. The fourth-order valence-electron chi connectivity index (χ4n) is 1.95. The molecule has 0 unspecified atom stereocenters. The van der Waals surface area contributed by atoms with Crippen molar-refractivity contribution in [1.82, 2.24) is 10.0 Å². The van der Waals surface area contributed by atoms with Gasteiger partial charge in [0.05, 0.1) is 12.9 Å². The van der Waals surface area contributed by atoms with Gasteiger partial charge in [0.15, 0.2) is 0 Å². The summed E-state index contributed by atoms with van der Waals surface area (Å²) in [4.78, 5) is 0. The summed E-state index contributed by atoms with van der Waals surface area (Å²) in [5, 5.41) is 3.26. The quantitative estimate of drug-likeness (QED) is 0.612. The number of rotatable bonds is 11. The molecule has 0 saturated carbocycles. The third kappa shape index (κ3) is 7.45. The van der Waals surface area contributed by atoms with Crippen LogP contribution in [0.1, 0.15) is 31.7 Å². The first-order valence-electron chi connectivity index (χ1n) is 7.39. The molecule has 5 nitrogen and oxygen atoms in total. The van der Waals surface area contributed by atoms with Crippen LogP contribution in [0.25, 0.3) is 0 Å². The van der Waals surface area contributed by atoms with Crippen molar-refractivity contribution in [2.75, 3.05) is 26.0 Å². The molecule has 0 aliphatic rings. The van der Waals surface area contributed by atoms with Crippen LogP contribution in [0.5, 0.6) is 5.75 Å². The Bertz CT molecular complexity index is 503. The van der Waals surface area contributed by atoms with Crippen LogP contribution in [0.2, 0.25) is 0 Å². The van der Waals surface area contributed by atoms with Crippen LogP contribution in [0.15, 0.2) is 24.3 Å². The van der Waals surface area contributed by atoms with Crippen LogP contribution < -0.4 is 14.8 Å². The van der Waals surface area contributed by atoms with Gasteiger partial charge in [0.2, 0.25) is 10.0 Å².